The lowest BCUT2D eigenvalue weighted by molar-refractivity contribution is 0.694. The van der Waals surface area contributed by atoms with Crippen molar-refractivity contribution in [2.24, 2.45) is 14.1 Å². The van der Waals surface area contributed by atoms with Crippen LogP contribution < -0.4 is 11.1 Å². The maximum absolute atomic E-state index is 5.95. The van der Waals surface area contributed by atoms with Gasteiger partial charge in [-0.05, 0) is 13.8 Å². The van der Waals surface area contributed by atoms with Gasteiger partial charge in [0, 0.05) is 14.1 Å². The Morgan fingerprint density at radius 1 is 1.41 bits per heavy atom. The molecule has 2 aromatic heterocycles. The van der Waals surface area contributed by atoms with E-state index in [1.165, 1.54) is 0 Å². The molecule has 0 saturated carbocycles. The SMILES string of the molecule is Cc1nn(C)c(NC(C)c2nncn2C)c1N. The van der Waals surface area contributed by atoms with Gasteiger partial charge in [-0.2, -0.15) is 5.10 Å². The van der Waals surface area contributed by atoms with Gasteiger partial charge in [0.05, 0.1) is 17.4 Å². The number of nitrogen functional groups attached to an aromatic ring is 1. The molecule has 17 heavy (non-hydrogen) atoms. The molecule has 1 unspecified atom stereocenters. The number of nitrogens with zero attached hydrogens (tertiary/aromatic N) is 5. The summed E-state index contributed by atoms with van der Waals surface area (Å²) in [4.78, 5) is 0. The van der Waals surface area contributed by atoms with Crippen molar-refractivity contribution < 1.29 is 0 Å². The zero-order chi connectivity index (χ0) is 12.6. The molecule has 0 amide bonds. The second-order valence-electron chi connectivity index (χ2n) is 4.14. The molecule has 7 heteroatoms. The van der Waals surface area contributed by atoms with Crippen LogP contribution >= 0.6 is 0 Å². The van der Waals surface area contributed by atoms with Crippen LogP contribution in [0.1, 0.15) is 24.5 Å². The molecule has 3 N–H and O–H groups in total. The Morgan fingerprint density at radius 3 is 2.59 bits per heavy atom. The van der Waals surface area contributed by atoms with Crippen LogP contribution in [0, 0.1) is 6.92 Å². The number of rotatable bonds is 3. The number of nitrogens with two attached hydrogens (primary N) is 1. The van der Waals surface area contributed by atoms with E-state index in [1.807, 2.05) is 32.5 Å². The number of anilines is 2. The summed E-state index contributed by atoms with van der Waals surface area (Å²) in [6, 6.07) is 0.0135. The van der Waals surface area contributed by atoms with Gasteiger partial charge in [0.1, 0.15) is 12.1 Å². The first kappa shape index (κ1) is 11.4. The van der Waals surface area contributed by atoms with Gasteiger partial charge >= 0.3 is 0 Å². The van der Waals surface area contributed by atoms with Gasteiger partial charge in [0.25, 0.3) is 0 Å². The number of aromatic nitrogens is 5. The topological polar surface area (TPSA) is 86.6 Å². The molecule has 1 atom stereocenters. The van der Waals surface area contributed by atoms with Crippen molar-refractivity contribution >= 4 is 11.5 Å². The minimum absolute atomic E-state index is 0.0135. The quantitative estimate of drug-likeness (QED) is 0.814. The molecule has 0 aliphatic carbocycles. The fourth-order valence-electron chi connectivity index (χ4n) is 1.80. The highest BCUT2D eigenvalue weighted by Crippen LogP contribution is 2.24. The summed E-state index contributed by atoms with van der Waals surface area (Å²) < 4.78 is 3.61. The predicted octanol–water partition coefficient (Wildman–Crippen LogP) is 0.612. The van der Waals surface area contributed by atoms with E-state index in [-0.39, 0.29) is 6.04 Å². The van der Waals surface area contributed by atoms with Crippen LogP contribution in [0.15, 0.2) is 6.33 Å². The van der Waals surface area contributed by atoms with Gasteiger partial charge in [-0.3, -0.25) is 4.68 Å². The maximum atomic E-state index is 5.95. The maximum Gasteiger partial charge on any atom is 0.154 e. The summed E-state index contributed by atoms with van der Waals surface area (Å²) in [5.74, 6) is 1.65. The molecule has 2 heterocycles. The van der Waals surface area contributed by atoms with Crippen molar-refractivity contribution in [2.75, 3.05) is 11.1 Å². The van der Waals surface area contributed by atoms with E-state index in [9.17, 15) is 0 Å². The standard InChI is InChI=1S/C10H17N7/c1-6-8(11)10(17(4)15-6)13-7(2)9-14-12-5-16(9)3/h5,7,13H,11H2,1-4H3. The third-order valence-electron chi connectivity index (χ3n) is 2.76. The molecule has 92 valence electrons. The van der Waals surface area contributed by atoms with Crippen LogP contribution in [0.4, 0.5) is 11.5 Å². The van der Waals surface area contributed by atoms with Crippen molar-refractivity contribution in [2.45, 2.75) is 19.9 Å². The number of aryl methyl sites for hydroxylation is 3. The van der Waals surface area contributed by atoms with Crippen molar-refractivity contribution in [1.29, 1.82) is 0 Å². The van der Waals surface area contributed by atoms with Crippen molar-refractivity contribution in [1.82, 2.24) is 24.5 Å². The van der Waals surface area contributed by atoms with Gasteiger partial charge in [-0.25, -0.2) is 0 Å². The highest BCUT2D eigenvalue weighted by molar-refractivity contribution is 5.65. The molecule has 0 spiro atoms. The normalized spacial score (nSPS) is 12.7. The first-order valence-corrected chi connectivity index (χ1v) is 5.40. The van der Waals surface area contributed by atoms with E-state index in [0.717, 1.165) is 17.3 Å². The van der Waals surface area contributed by atoms with E-state index < -0.39 is 0 Å². The first-order valence-electron chi connectivity index (χ1n) is 5.40. The second-order valence-corrected chi connectivity index (χ2v) is 4.14. The average Bonchev–Trinajstić information content (AvgIpc) is 2.78. The first-order chi connectivity index (χ1) is 8.00. The molecule has 7 nitrogen and oxygen atoms in total. The third-order valence-corrected chi connectivity index (χ3v) is 2.76. The van der Waals surface area contributed by atoms with Gasteiger partial charge < -0.3 is 15.6 Å². The zero-order valence-corrected chi connectivity index (χ0v) is 10.5. The van der Waals surface area contributed by atoms with E-state index >= 15 is 0 Å². The molecule has 2 aromatic rings. The van der Waals surface area contributed by atoms with Gasteiger partial charge in [-0.1, -0.05) is 0 Å². The van der Waals surface area contributed by atoms with Gasteiger partial charge in [-0.15, -0.1) is 10.2 Å². The highest BCUT2D eigenvalue weighted by Gasteiger charge is 2.16. The minimum Gasteiger partial charge on any atom is -0.394 e. The van der Waals surface area contributed by atoms with Crippen LogP contribution in [0.5, 0.6) is 0 Å². The monoisotopic (exact) mass is 235 g/mol. The molecule has 0 aliphatic rings. The molecular weight excluding hydrogens is 218 g/mol. The lowest BCUT2D eigenvalue weighted by atomic mass is 10.3. The van der Waals surface area contributed by atoms with Crippen LogP contribution in [0.25, 0.3) is 0 Å². The van der Waals surface area contributed by atoms with E-state index in [2.05, 4.69) is 20.6 Å². The fraction of sp³-hybridized carbons (Fsp3) is 0.500. The summed E-state index contributed by atoms with van der Waals surface area (Å²) in [6.45, 7) is 3.89. The summed E-state index contributed by atoms with van der Waals surface area (Å²) in [5.41, 5.74) is 7.44. The summed E-state index contributed by atoms with van der Waals surface area (Å²) in [7, 11) is 3.76. The van der Waals surface area contributed by atoms with Crippen molar-refractivity contribution in [3.63, 3.8) is 0 Å². The highest BCUT2D eigenvalue weighted by atomic mass is 15.3. The average molecular weight is 235 g/mol. The Labute approximate surface area is 99.6 Å². The minimum atomic E-state index is 0.0135. The third kappa shape index (κ3) is 1.95. The largest absolute Gasteiger partial charge is 0.394 e. The van der Waals surface area contributed by atoms with Crippen LogP contribution in [0.3, 0.4) is 0 Å². The van der Waals surface area contributed by atoms with E-state index in [4.69, 9.17) is 5.73 Å². The Kier molecular flexibility index (Phi) is 2.74. The number of hydrogen-bond donors (Lipinski definition) is 2. The van der Waals surface area contributed by atoms with E-state index in [0.29, 0.717) is 5.69 Å². The van der Waals surface area contributed by atoms with Crippen LogP contribution in [0.2, 0.25) is 0 Å². The zero-order valence-electron chi connectivity index (χ0n) is 10.5. The smallest absolute Gasteiger partial charge is 0.154 e. The van der Waals surface area contributed by atoms with Crippen LogP contribution in [-0.4, -0.2) is 24.5 Å². The van der Waals surface area contributed by atoms with Crippen LogP contribution in [-0.2, 0) is 14.1 Å². The molecule has 0 radical (unpaired) electrons. The Hall–Kier alpha value is -2.05. The second kappa shape index (κ2) is 4.08. The number of nitrogens with one attached hydrogen (secondary N) is 1. The number of hydrogen-bond acceptors (Lipinski definition) is 5. The molecular formula is C10H17N7. The predicted molar refractivity (Wildman–Crippen MR) is 65.4 cm³/mol. The summed E-state index contributed by atoms with van der Waals surface area (Å²) >= 11 is 0. The molecule has 0 aliphatic heterocycles. The molecule has 0 bridgehead atoms. The fourth-order valence-corrected chi connectivity index (χ4v) is 1.80. The molecule has 0 fully saturated rings. The Balaban J connectivity index is 2.24. The van der Waals surface area contributed by atoms with Gasteiger partial charge in [0.15, 0.2) is 5.82 Å². The molecule has 0 aromatic carbocycles. The summed E-state index contributed by atoms with van der Waals surface area (Å²) in [5, 5.41) is 15.5. The lowest BCUT2D eigenvalue weighted by Crippen LogP contribution is -2.15. The lowest BCUT2D eigenvalue weighted by Gasteiger charge is -2.14. The van der Waals surface area contributed by atoms with Gasteiger partial charge in [0.2, 0.25) is 0 Å². The van der Waals surface area contributed by atoms with E-state index in [1.54, 1.807) is 11.0 Å². The Bertz CT molecular complexity index is 525. The molecule has 0 saturated heterocycles. The van der Waals surface area contributed by atoms with Crippen molar-refractivity contribution in [3.05, 3.63) is 17.8 Å². The summed E-state index contributed by atoms with van der Waals surface area (Å²) in [6.07, 6.45) is 1.67. The van der Waals surface area contributed by atoms with Crippen molar-refractivity contribution in [3.8, 4) is 0 Å². The Morgan fingerprint density at radius 2 is 2.12 bits per heavy atom. The molecule has 2 rings (SSSR count).